The first-order valence-corrected chi connectivity index (χ1v) is 14.4. The number of rotatable bonds is 9. The van der Waals surface area contributed by atoms with Crippen LogP contribution in [0.25, 0.3) is 0 Å². The first-order valence-electron chi connectivity index (χ1n) is 12.8. The maximum atomic E-state index is 13.1. The van der Waals surface area contributed by atoms with Crippen molar-refractivity contribution in [1.29, 1.82) is 0 Å². The standard InChI is InChI=1S/C26H30N6O5S/c1-2-18-12-26(18,24(34)31-38(35,36)20-7-8-20)30-23(33)21-11-19(13-28-21)37-22-9-10-27-25(29-22)32-14-16-5-3-4-6-17(16)15-32/h2-6,9-10,18-21,28H,1,7-8,11-15H2,(H,30,33)(H,31,34)/t18?,19-,21?,26?/m1/s1. The van der Waals surface area contributed by atoms with Crippen LogP contribution in [0.3, 0.4) is 0 Å². The molecule has 2 aliphatic carbocycles. The van der Waals surface area contributed by atoms with Gasteiger partial charge in [-0.05, 0) is 30.4 Å². The van der Waals surface area contributed by atoms with E-state index in [9.17, 15) is 18.0 Å². The predicted molar refractivity (Wildman–Crippen MR) is 138 cm³/mol. The third kappa shape index (κ3) is 4.73. The van der Waals surface area contributed by atoms with E-state index in [0.717, 1.165) is 13.1 Å². The lowest BCUT2D eigenvalue weighted by Crippen LogP contribution is -2.55. The number of nitrogens with zero attached hydrogens (tertiary/aromatic N) is 3. The van der Waals surface area contributed by atoms with Crippen molar-refractivity contribution in [2.75, 3.05) is 11.4 Å². The van der Waals surface area contributed by atoms with Gasteiger partial charge in [0.2, 0.25) is 27.8 Å². The van der Waals surface area contributed by atoms with Crippen molar-refractivity contribution in [3.8, 4) is 5.88 Å². The molecule has 0 radical (unpaired) electrons. The fraction of sp³-hybridized carbons (Fsp3) is 0.462. The maximum absolute atomic E-state index is 13.1. The van der Waals surface area contributed by atoms with Gasteiger partial charge in [0.25, 0.3) is 5.91 Å². The lowest BCUT2D eigenvalue weighted by Gasteiger charge is -2.21. The second kappa shape index (κ2) is 9.35. The molecule has 2 aliphatic heterocycles. The van der Waals surface area contributed by atoms with Crippen LogP contribution in [-0.4, -0.2) is 59.7 Å². The Bertz CT molecular complexity index is 1370. The number of ether oxygens (including phenoxy) is 1. The molecule has 3 N–H and O–H groups in total. The number of aromatic nitrogens is 2. The van der Waals surface area contributed by atoms with Crippen LogP contribution in [0.4, 0.5) is 5.95 Å². The van der Waals surface area contributed by atoms with Crippen LogP contribution in [0.5, 0.6) is 5.88 Å². The number of carbonyl (C=O) groups is 2. The van der Waals surface area contributed by atoms with Crippen LogP contribution in [0.1, 0.15) is 36.8 Å². The highest BCUT2D eigenvalue weighted by Crippen LogP contribution is 2.45. The molecule has 2 saturated carbocycles. The number of anilines is 1. The molecular weight excluding hydrogens is 508 g/mol. The molecule has 0 bridgehead atoms. The Morgan fingerprint density at radius 3 is 2.58 bits per heavy atom. The first kappa shape index (κ1) is 24.8. The van der Waals surface area contributed by atoms with E-state index in [-0.39, 0.29) is 17.9 Å². The highest BCUT2D eigenvalue weighted by atomic mass is 32.2. The van der Waals surface area contributed by atoms with Crippen LogP contribution >= 0.6 is 0 Å². The van der Waals surface area contributed by atoms with Crippen molar-refractivity contribution >= 4 is 27.8 Å². The van der Waals surface area contributed by atoms with E-state index >= 15 is 0 Å². The lowest BCUT2D eigenvalue weighted by molar-refractivity contribution is -0.130. The number of amides is 2. The summed E-state index contributed by atoms with van der Waals surface area (Å²) in [6, 6.07) is 9.35. The molecule has 4 aliphatic rings. The average Bonchev–Trinajstić information content (AvgIpc) is 3.79. The Morgan fingerprint density at radius 1 is 1.18 bits per heavy atom. The minimum atomic E-state index is -3.72. The van der Waals surface area contributed by atoms with Crippen LogP contribution in [-0.2, 0) is 32.7 Å². The quantitative estimate of drug-likeness (QED) is 0.395. The van der Waals surface area contributed by atoms with E-state index in [1.807, 2.05) is 12.1 Å². The van der Waals surface area contributed by atoms with E-state index in [0.29, 0.717) is 44.1 Å². The average molecular weight is 539 g/mol. The Labute approximate surface area is 221 Å². The van der Waals surface area contributed by atoms with E-state index < -0.39 is 32.8 Å². The monoisotopic (exact) mass is 538 g/mol. The van der Waals surface area contributed by atoms with Gasteiger partial charge in [0, 0.05) is 44.2 Å². The number of benzene rings is 1. The van der Waals surface area contributed by atoms with Gasteiger partial charge in [0.15, 0.2) is 0 Å². The maximum Gasteiger partial charge on any atom is 0.259 e. The van der Waals surface area contributed by atoms with Gasteiger partial charge < -0.3 is 20.3 Å². The molecule has 11 nitrogen and oxygen atoms in total. The van der Waals surface area contributed by atoms with Gasteiger partial charge in [-0.3, -0.25) is 14.3 Å². The number of hydrogen-bond donors (Lipinski definition) is 3. The van der Waals surface area contributed by atoms with Crippen molar-refractivity contribution in [3.05, 3.63) is 60.3 Å². The fourth-order valence-corrected chi connectivity index (χ4v) is 6.58. The van der Waals surface area contributed by atoms with E-state index in [4.69, 9.17) is 4.74 Å². The van der Waals surface area contributed by atoms with Crippen LogP contribution in [0.2, 0.25) is 0 Å². The number of hydrogen-bond acceptors (Lipinski definition) is 9. The number of fused-ring (bicyclic) bond motifs is 1. The van der Waals surface area contributed by atoms with E-state index in [1.54, 1.807) is 18.3 Å². The van der Waals surface area contributed by atoms with Gasteiger partial charge in [-0.15, -0.1) is 6.58 Å². The fourth-order valence-electron chi connectivity index (χ4n) is 5.21. The van der Waals surface area contributed by atoms with Crippen LogP contribution in [0, 0.1) is 5.92 Å². The molecule has 4 atom stereocenters. The number of nitrogens with one attached hydrogen (secondary N) is 3. The Hall–Kier alpha value is -3.51. The Kier molecular flexibility index (Phi) is 6.10. The van der Waals surface area contributed by atoms with Gasteiger partial charge in [0.05, 0.1) is 11.3 Å². The van der Waals surface area contributed by atoms with E-state index in [2.05, 4.69) is 48.9 Å². The molecule has 1 aromatic heterocycles. The molecule has 38 heavy (non-hydrogen) atoms. The van der Waals surface area contributed by atoms with Gasteiger partial charge in [-0.1, -0.05) is 30.3 Å². The number of carbonyl (C=O) groups excluding carboxylic acids is 2. The SMILES string of the molecule is C=CC1CC1(NC(=O)C1C[C@@H](Oc2ccnc(N3Cc4ccccc4C3)n2)CN1)C(=O)NS(=O)(=O)C1CC1. The molecule has 12 heteroatoms. The summed E-state index contributed by atoms with van der Waals surface area (Å²) >= 11 is 0. The normalized spacial score (nSPS) is 27.9. The molecule has 2 aromatic rings. The topological polar surface area (TPSA) is 143 Å². The summed E-state index contributed by atoms with van der Waals surface area (Å²) in [7, 11) is -3.72. The largest absolute Gasteiger partial charge is 0.473 e. The smallest absolute Gasteiger partial charge is 0.259 e. The summed E-state index contributed by atoms with van der Waals surface area (Å²) in [6.07, 6.45) is 4.69. The molecule has 3 fully saturated rings. The highest BCUT2D eigenvalue weighted by molar-refractivity contribution is 7.91. The summed E-state index contributed by atoms with van der Waals surface area (Å²) in [5.41, 5.74) is 1.21. The van der Waals surface area contributed by atoms with Crippen molar-refractivity contribution in [1.82, 2.24) is 25.3 Å². The van der Waals surface area contributed by atoms with Crippen molar-refractivity contribution < 1.29 is 22.7 Å². The molecular formula is C26H30N6O5S. The summed E-state index contributed by atoms with van der Waals surface area (Å²) in [6.45, 7) is 5.61. The molecule has 1 saturated heterocycles. The van der Waals surface area contributed by atoms with E-state index in [1.165, 1.54) is 11.1 Å². The molecule has 3 unspecified atom stereocenters. The summed E-state index contributed by atoms with van der Waals surface area (Å²) in [4.78, 5) is 37.1. The number of sulfonamides is 1. The minimum absolute atomic E-state index is 0.307. The molecule has 3 heterocycles. The predicted octanol–water partition coefficient (Wildman–Crippen LogP) is 0.775. The second-order valence-corrected chi connectivity index (χ2v) is 12.4. The third-order valence-corrected chi connectivity index (χ3v) is 9.50. The van der Waals surface area contributed by atoms with Gasteiger partial charge in [0.1, 0.15) is 11.6 Å². The van der Waals surface area contributed by atoms with Crippen molar-refractivity contribution in [2.45, 2.75) is 61.7 Å². The highest BCUT2D eigenvalue weighted by Gasteiger charge is 2.61. The summed E-state index contributed by atoms with van der Waals surface area (Å²) in [5, 5.41) is 5.40. The van der Waals surface area contributed by atoms with Gasteiger partial charge >= 0.3 is 0 Å². The zero-order valence-electron chi connectivity index (χ0n) is 20.8. The van der Waals surface area contributed by atoms with Gasteiger partial charge in [-0.2, -0.15) is 4.98 Å². The van der Waals surface area contributed by atoms with Crippen LogP contribution < -0.4 is 25.0 Å². The first-order chi connectivity index (χ1) is 18.3. The van der Waals surface area contributed by atoms with Crippen molar-refractivity contribution in [2.24, 2.45) is 5.92 Å². The molecule has 2 amide bonds. The molecule has 6 rings (SSSR count). The summed E-state index contributed by atoms with van der Waals surface area (Å²) < 4.78 is 32.8. The Balaban J connectivity index is 1.06. The molecule has 1 aromatic carbocycles. The zero-order valence-corrected chi connectivity index (χ0v) is 21.6. The van der Waals surface area contributed by atoms with Crippen LogP contribution in [0.15, 0.2) is 49.2 Å². The molecule has 200 valence electrons. The minimum Gasteiger partial charge on any atom is -0.473 e. The second-order valence-electron chi connectivity index (χ2n) is 10.4. The molecule has 0 spiro atoms. The third-order valence-electron chi connectivity index (χ3n) is 7.68. The van der Waals surface area contributed by atoms with Gasteiger partial charge in [-0.25, -0.2) is 13.4 Å². The Morgan fingerprint density at radius 2 is 1.92 bits per heavy atom. The summed E-state index contributed by atoms with van der Waals surface area (Å²) in [5.74, 6) is -0.403. The van der Waals surface area contributed by atoms with Crippen molar-refractivity contribution in [3.63, 3.8) is 0 Å². The zero-order chi connectivity index (χ0) is 26.5. The lowest BCUT2D eigenvalue weighted by atomic mass is 10.1.